The van der Waals surface area contributed by atoms with E-state index < -0.39 is 15.4 Å². The Morgan fingerprint density at radius 1 is 1.00 bits per heavy atom. The molecule has 2 heterocycles. The van der Waals surface area contributed by atoms with Crippen molar-refractivity contribution in [1.82, 2.24) is 4.31 Å². The third-order valence-electron chi connectivity index (χ3n) is 7.61. The van der Waals surface area contributed by atoms with E-state index in [1.807, 2.05) is 49.4 Å². The summed E-state index contributed by atoms with van der Waals surface area (Å²) >= 11 is 0. The first kappa shape index (κ1) is 21.4. The van der Waals surface area contributed by atoms with Gasteiger partial charge in [-0.15, -0.1) is 0 Å². The number of sulfonamides is 1. The summed E-state index contributed by atoms with van der Waals surface area (Å²) < 4.78 is 40.9. The van der Waals surface area contributed by atoms with Gasteiger partial charge in [0, 0.05) is 23.7 Å². The third kappa shape index (κ3) is 2.71. The molecule has 1 aliphatic carbocycles. The fourth-order valence-electron chi connectivity index (χ4n) is 6.06. The number of hydrogen-bond acceptors (Lipinski definition) is 5. The Hall–Kier alpha value is -3.16. The molecule has 6 nitrogen and oxygen atoms in total. The minimum Gasteiger partial charge on any atom is -0.493 e. The van der Waals surface area contributed by atoms with Gasteiger partial charge in [0.1, 0.15) is 0 Å². The minimum absolute atomic E-state index is 0.310. The van der Waals surface area contributed by atoms with Crippen molar-refractivity contribution in [2.45, 2.75) is 36.1 Å². The van der Waals surface area contributed by atoms with Gasteiger partial charge in [0.15, 0.2) is 11.5 Å². The molecule has 0 bridgehead atoms. The number of nitrogens with zero attached hydrogens (tertiary/aromatic N) is 2. The first-order chi connectivity index (χ1) is 16.4. The van der Waals surface area contributed by atoms with Gasteiger partial charge in [0.25, 0.3) is 0 Å². The van der Waals surface area contributed by atoms with Crippen LogP contribution in [0.15, 0.2) is 70.6 Å². The number of rotatable bonds is 4. The van der Waals surface area contributed by atoms with Crippen LogP contribution in [0.5, 0.6) is 11.5 Å². The lowest BCUT2D eigenvalue weighted by molar-refractivity contribution is 0.323. The zero-order valence-corrected chi connectivity index (χ0v) is 20.2. The second-order valence-corrected chi connectivity index (χ2v) is 11.1. The highest BCUT2D eigenvalue weighted by Crippen LogP contribution is 2.57. The molecule has 7 heteroatoms. The van der Waals surface area contributed by atoms with Crippen LogP contribution in [0.25, 0.3) is 0 Å². The number of hydrogen-bond donors (Lipinski definition) is 0. The molecule has 174 valence electrons. The van der Waals surface area contributed by atoms with Crippen molar-refractivity contribution in [1.29, 1.82) is 0 Å². The van der Waals surface area contributed by atoms with Crippen LogP contribution in [0.1, 0.15) is 28.7 Å². The van der Waals surface area contributed by atoms with Crippen molar-refractivity contribution >= 4 is 21.4 Å². The van der Waals surface area contributed by atoms with Crippen molar-refractivity contribution < 1.29 is 17.9 Å². The average molecular weight is 475 g/mol. The van der Waals surface area contributed by atoms with Gasteiger partial charge in [0.05, 0.1) is 35.9 Å². The van der Waals surface area contributed by atoms with E-state index in [1.165, 1.54) is 0 Å². The quantitative estimate of drug-likeness (QED) is 0.562. The monoisotopic (exact) mass is 474 g/mol. The van der Waals surface area contributed by atoms with Crippen molar-refractivity contribution in [3.05, 3.63) is 82.9 Å². The lowest BCUT2D eigenvalue weighted by Crippen LogP contribution is -2.52. The topological polar surface area (TPSA) is 68.2 Å². The van der Waals surface area contributed by atoms with Crippen LogP contribution in [-0.4, -0.2) is 45.2 Å². The van der Waals surface area contributed by atoms with E-state index in [0.717, 1.165) is 33.7 Å². The van der Waals surface area contributed by atoms with Crippen molar-refractivity contribution in [3.63, 3.8) is 0 Å². The number of benzene rings is 3. The highest BCUT2D eigenvalue weighted by atomic mass is 32.2. The number of para-hydroxylation sites is 1. The maximum absolute atomic E-state index is 13.9. The molecular formula is C27H26N2O4S. The summed E-state index contributed by atoms with van der Waals surface area (Å²) in [7, 11) is -0.463. The first-order valence-electron chi connectivity index (χ1n) is 11.4. The smallest absolute Gasteiger partial charge is 0.243 e. The normalized spacial score (nSPS) is 22.9. The van der Waals surface area contributed by atoms with E-state index >= 15 is 0 Å². The number of fused-ring (bicyclic) bond motifs is 3. The van der Waals surface area contributed by atoms with Crippen LogP contribution >= 0.6 is 0 Å². The fraction of sp³-hybridized carbons (Fsp3) is 0.296. The van der Waals surface area contributed by atoms with Crippen LogP contribution in [0.3, 0.4) is 0 Å². The predicted octanol–water partition coefficient (Wildman–Crippen LogP) is 4.40. The van der Waals surface area contributed by atoms with Crippen molar-refractivity contribution in [3.8, 4) is 11.5 Å². The van der Waals surface area contributed by atoms with Gasteiger partial charge >= 0.3 is 0 Å². The summed E-state index contributed by atoms with van der Waals surface area (Å²) in [5, 5.41) is 0. The first-order valence-corrected chi connectivity index (χ1v) is 12.9. The molecular weight excluding hydrogens is 448 g/mol. The van der Waals surface area contributed by atoms with Gasteiger partial charge in [-0.05, 0) is 55.7 Å². The molecule has 1 fully saturated rings. The maximum atomic E-state index is 13.9. The fourth-order valence-corrected chi connectivity index (χ4v) is 7.73. The second-order valence-electron chi connectivity index (χ2n) is 9.17. The highest BCUT2D eigenvalue weighted by Gasteiger charge is 2.60. The molecule has 3 aliphatic rings. The van der Waals surface area contributed by atoms with E-state index in [9.17, 15) is 8.42 Å². The maximum Gasteiger partial charge on any atom is 0.243 e. The summed E-state index contributed by atoms with van der Waals surface area (Å²) in [5.74, 6) is 1.28. The molecule has 0 radical (unpaired) electrons. The van der Waals surface area contributed by atoms with Gasteiger partial charge < -0.3 is 9.47 Å². The molecule has 1 saturated heterocycles. The standard InChI is InChI=1S/C27H26N2O4S/c1-17-8-10-18(11-9-17)34(30,31)29-15-14-27-21-6-4-5-7-22(21)28-26(27)19-12-13-23(32-2)25(33-3)20(19)16-24(27)29/h4-13,24H,14-16H2,1-3H3. The average Bonchev–Trinajstić information content (AvgIpc) is 3.40. The lowest BCUT2D eigenvalue weighted by Gasteiger charge is -2.41. The minimum atomic E-state index is -3.70. The van der Waals surface area contributed by atoms with Crippen LogP contribution in [-0.2, 0) is 21.9 Å². The highest BCUT2D eigenvalue weighted by molar-refractivity contribution is 7.89. The molecule has 1 spiro atoms. The SMILES string of the molecule is COc1ccc2c(c1OC)CC1N(S(=O)(=O)c3ccc(C)cc3)CCC13C2=Nc1ccccc13. The summed E-state index contributed by atoms with van der Waals surface area (Å²) in [6.07, 6.45) is 1.21. The molecule has 6 rings (SSSR count). The van der Waals surface area contributed by atoms with Crippen LogP contribution in [0.2, 0.25) is 0 Å². The Morgan fingerprint density at radius 2 is 1.76 bits per heavy atom. The van der Waals surface area contributed by atoms with Crippen LogP contribution < -0.4 is 9.47 Å². The largest absolute Gasteiger partial charge is 0.493 e. The number of aryl methyl sites for hydroxylation is 1. The van der Waals surface area contributed by atoms with Gasteiger partial charge in [-0.3, -0.25) is 4.99 Å². The molecule has 2 aliphatic heterocycles. The molecule has 2 atom stereocenters. The zero-order chi connectivity index (χ0) is 23.7. The molecule has 3 aromatic rings. The van der Waals surface area contributed by atoms with Gasteiger partial charge in [-0.25, -0.2) is 8.42 Å². The van der Waals surface area contributed by atoms with E-state index in [-0.39, 0.29) is 6.04 Å². The summed E-state index contributed by atoms with van der Waals surface area (Å²) in [5.41, 5.74) is 5.46. The van der Waals surface area contributed by atoms with Gasteiger partial charge in [-0.1, -0.05) is 35.9 Å². The Balaban J connectivity index is 1.58. The Kier molecular flexibility index (Phi) is 4.66. The van der Waals surface area contributed by atoms with Gasteiger partial charge in [-0.2, -0.15) is 4.31 Å². The number of methoxy groups -OCH3 is 2. The van der Waals surface area contributed by atoms with Crippen LogP contribution in [0, 0.1) is 6.92 Å². The molecule has 0 saturated carbocycles. The summed E-state index contributed by atoms with van der Waals surface area (Å²) in [6.45, 7) is 2.39. The molecule has 3 aromatic carbocycles. The lowest BCUT2D eigenvalue weighted by atomic mass is 9.64. The summed E-state index contributed by atoms with van der Waals surface area (Å²) in [4.78, 5) is 5.40. The second kappa shape index (κ2) is 7.42. The van der Waals surface area contributed by atoms with E-state index in [4.69, 9.17) is 14.5 Å². The number of ether oxygens (including phenoxy) is 2. The van der Waals surface area contributed by atoms with Crippen molar-refractivity contribution in [2.24, 2.45) is 4.99 Å². The Labute approximate surface area is 199 Å². The Bertz CT molecular complexity index is 1450. The zero-order valence-electron chi connectivity index (χ0n) is 19.4. The molecule has 0 N–H and O–H groups in total. The van der Waals surface area contributed by atoms with E-state index in [2.05, 4.69) is 6.07 Å². The molecule has 0 amide bonds. The molecule has 34 heavy (non-hydrogen) atoms. The van der Waals surface area contributed by atoms with Crippen molar-refractivity contribution in [2.75, 3.05) is 20.8 Å². The predicted molar refractivity (Wildman–Crippen MR) is 131 cm³/mol. The van der Waals surface area contributed by atoms with Gasteiger partial charge in [0.2, 0.25) is 10.0 Å². The molecule has 2 unspecified atom stereocenters. The number of aliphatic imine (C=N–C) groups is 1. The van der Waals surface area contributed by atoms with Crippen LogP contribution in [0.4, 0.5) is 5.69 Å². The van der Waals surface area contributed by atoms with E-state index in [1.54, 1.807) is 30.7 Å². The third-order valence-corrected chi connectivity index (χ3v) is 9.53. The van der Waals surface area contributed by atoms with E-state index in [0.29, 0.717) is 35.8 Å². The summed E-state index contributed by atoms with van der Waals surface area (Å²) in [6, 6.07) is 18.9. The molecule has 0 aromatic heterocycles. The Morgan fingerprint density at radius 3 is 2.50 bits per heavy atom.